The first kappa shape index (κ1) is 21.4. The van der Waals surface area contributed by atoms with Gasteiger partial charge in [0.05, 0.1) is 25.7 Å². The molecule has 0 aliphatic heterocycles. The number of rotatable bonds is 8. The number of methoxy groups -OCH3 is 2. The molecule has 1 N–H and O–H groups in total. The Hall–Kier alpha value is -3.26. The maximum Gasteiger partial charge on any atom is 0.234 e. The highest BCUT2D eigenvalue weighted by Crippen LogP contribution is 2.31. The molecule has 156 valence electrons. The van der Waals surface area contributed by atoms with Gasteiger partial charge in [-0.3, -0.25) is 4.79 Å². The molecule has 0 bridgehead atoms. The van der Waals surface area contributed by atoms with Gasteiger partial charge in [0.25, 0.3) is 0 Å². The van der Waals surface area contributed by atoms with Gasteiger partial charge in [-0.05, 0) is 54.6 Å². The first-order valence-corrected chi connectivity index (χ1v) is 10.2. The van der Waals surface area contributed by atoms with Crippen molar-refractivity contribution in [1.29, 1.82) is 0 Å². The van der Waals surface area contributed by atoms with Crippen LogP contribution in [0.15, 0.2) is 59.6 Å². The molecule has 0 unspecified atom stereocenters. The topological polar surface area (TPSA) is 76.6 Å². The predicted octanol–water partition coefficient (Wildman–Crippen LogP) is 3.96. The first-order chi connectivity index (χ1) is 14.5. The fraction of sp³-hybridized carbons (Fsp3) is 0.227. The standard InChI is InChI=1S/C22H24N4O3S/c1-26(2)17-8-6-16(7-9-17)23-21(27)14-30-22-12-10-18(24-25-22)15-5-11-19(28-3)20(13-15)29-4/h5-13H,14H2,1-4H3,(H,23,27). The minimum atomic E-state index is -0.0941. The van der Waals surface area contributed by atoms with Gasteiger partial charge >= 0.3 is 0 Å². The molecule has 2 aromatic carbocycles. The van der Waals surface area contributed by atoms with Crippen LogP contribution in [0.2, 0.25) is 0 Å². The van der Waals surface area contributed by atoms with Crippen LogP contribution >= 0.6 is 11.8 Å². The number of benzene rings is 2. The minimum absolute atomic E-state index is 0.0941. The van der Waals surface area contributed by atoms with Gasteiger partial charge in [0.1, 0.15) is 5.03 Å². The van der Waals surface area contributed by atoms with Crippen LogP contribution in [0.4, 0.5) is 11.4 Å². The molecule has 8 heteroatoms. The van der Waals surface area contributed by atoms with Gasteiger partial charge in [0, 0.05) is 31.0 Å². The normalized spacial score (nSPS) is 10.4. The highest BCUT2D eigenvalue weighted by Gasteiger charge is 2.09. The van der Waals surface area contributed by atoms with Gasteiger partial charge in [0.2, 0.25) is 5.91 Å². The molecule has 0 saturated carbocycles. The van der Waals surface area contributed by atoms with E-state index in [0.29, 0.717) is 22.2 Å². The number of aromatic nitrogens is 2. The zero-order valence-corrected chi connectivity index (χ0v) is 18.2. The molecule has 7 nitrogen and oxygen atoms in total. The summed E-state index contributed by atoms with van der Waals surface area (Å²) in [4.78, 5) is 14.2. The van der Waals surface area contributed by atoms with Crippen molar-refractivity contribution in [2.45, 2.75) is 5.03 Å². The Labute approximate surface area is 180 Å². The van der Waals surface area contributed by atoms with E-state index in [2.05, 4.69) is 15.5 Å². The Morgan fingerprint density at radius 2 is 1.70 bits per heavy atom. The fourth-order valence-electron chi connectivity index (χ4n) is 2.73. The second-order valence-electron chi connectivity index (χ2n) is 6.60. The summed E-state index contributed by atoms with van der Waals surface area (Å²) in [6.07, 6.45) is 0. The quantitative estimate of drug-likeness (QED) is 0.549. The summed E-state index contributed by atoms with van der Waals surface area (Å²) in [6, 6.07) is 17.0. The molecule has 1 heterocycles. The van der Waals surface area contributed by atoms with Crippen molar-refractivity contribution in [2.75, 3.05) is 44.3 Å². The van der Waals surface area contributed by atoms with Crippen LogP contribution in [0.25, 0.3) is 11.3 Å². The van der Waals surface area contributed by atoms with E-state index in [0.717, 1.165) is 16.9 Å². The lowest BCUT2D eigenvalue weighted by Crippen LogP contribution is -2.14. The Balaban J connectivity index is 1.57. The van der Waals surface area contributed by atoms with Crippen molar-refractivity contribution in [3.8, 4) is 22.8 Å². The molecule has 0 spiro atoms. The lowest BCUT2D eigenvalue weighted by molar-refractivity contribution is -0.113. The lowest BCUT2D eigenvalue weighted by Gasteiger charge is -2.13. The number of carbonyl (C=O) groups excluding carboxylic acids is 1. The summed E-state index contributed by atoms with van der Waals surface area (Å²) in [7, 11) is 7.14. The third kappa shape index (κ3) is 5.42. The van der Waals surface area contributed by atoms with E-state index in [9.17, 15) is 4.79 Å². The Bertz CT molecular complexity index is 992. The molecule has 1 aromatic heterocycles. The maximum atomic E-state index is 12.2. The van der Waals surface area contributed by atoms with Gasteiger partial charge < -0.3 is 19.7 Å². The van der Waals surface area contributed by atoms with E-state index in [-0.39, 0.29) is 11.7 Å². The van der Waals surface area contributed by atoms with E-state index < -0.39 is 0 Å². The molecular formula is C22H24N4O3S. The van der Waals surface area contributed by atoms with E-state index in [1.165, 1.54) is 11.8 Å². The molecule has 30 heavy (non-hydrogen) atoms. The molecule has 1 amide bonds. The molecule has 0 fully saturated rings. The SMILES string of the molecule is COc1ccc(-c2ccc(SCC(=O)Nc3ccc(N(C)C)cc3)nn2)cc1OC. The molecule has 0 saturated heterocycles. The average molecular weight is 425 g/mol. The minimum Gasteiger partial charge on any atom is -0.493 e. The van der Waals surface area contributed by atoms with Crippen LogP contribution in [0, 0.1) is 0 Å². The van der Waals surface area contributed by atoms with Gasteiger partial charge in [-0.15, -0.1) is 10.2 Å². The smallest absolute Gasteiger partial charge is 0.234 e. The average Bonchev–Trinajstić information content (AvgIpc) is 2.78. The van der Waals surface area contributed by atoms with E-state index in [1.807, 2.05) is 73.6 Å². The van der Waals surface area contributed by atoms with Crippen molar-refractivity contribution >= 4 is 29.0 Å². The third-order valence-electron chi connectivity index (χ3n) is 4.34. The fourth-order valence-corrected chi connectivity index (χ4v) is 3.34. The number of amides is 1. The number of thioether (sulfide) groups is 1. The number of nitrogens with one attached hydrogen (secondary N) is 1. The zero-order chi connectivity index (χ0) is 21.5. The third-order valence-corrected chi connectivity index (χ3v) is 5.26. The number of hydrogen-bond donors (Lipinski definition) is 1. The Morgan fingerprint density at radius 3 is 2.30 bits per heavy atom. The zero-order valence-electron chi connectivity index (χ0n) is 17.4. The van der Waals surface area contributed by atoms with Crippen LogP contribution in [0.5, 0.6) is 11.5 Å². The summed E-state index contributed by atoms with van der Waals surface area (Å²) < 4.78 is 10.6. The van der Waals surface area contributed by atoms with Gasteiger partial charge in [0.15, 0.2) is 11.5 Å². The van der Waals surface area contributed by atoms with Crippen LogP contribution < -0.4 is 19.7 Å². The number of nitrogens with zero attached hydrogens (tertiary/aromatic N) is 3. The molecule has 0 radical (unpaired) electrons. The van der Waals surface area contributed by atoms with E-state index >= 15 is 0 Å². The number of ether oxygens (including phenoxy) is 2. The van der Waals surface area contributed by atoms with Gasteiger partial charge in [-0.25, -0.2) is 0 Å². The highest BCUT2D eigenvalue weighted by atomic mass is 32.2. The van der Waals surface area contributed by atoms with Crippen molar-refractivity contribution in [3.05, 3.63) is 54.6 Å². The molecule has 0 atom stereocenters. The van der Waals surface area contributed by atoms with E-state index in [1.54, 1.807) is 14.2 Å². The van der Waals surface area contributed by atoms with Crippen molar-refractivity contribution in [1.82, 2.24) is 10.2 Å². The van der Waals surface area contributed by atoms with Crippen LogP contribution in [0.1, 0.15) is 0 Å². The molecule has 3 rings (SSSR count). The number of anilines is 2. The number of hydrogen-bond acceptors (Lipinski definition) is 7. The van der Waals surface area contributed by atoms with Crippen LogP contribution in [-0.2, 0) is 4.79 Å². The second-order valence-corrected chi connectivity index (χ2v) is 7.60. The Morgan fingerprint density at radius 1 is 0.967 bits per heavy atom. The molecule has 0 aliphatic rings. The van der Waals surface area contributed by atoms with Crippen molar-refractivity contribution in [3.63, 3.8) is 0 Å². The van der Waals surface area contributed by atoms with E-state index in [4.69, 9.17) is 9.47 Å². The first-order valence-electron chi connectivity index (χ1n) is 9.26. The van der Waals surface area contributed by atoms with Crippen LogP contribution in [-0.4, -0.2) is 50.2 Å². The molecule has 3 aromatic rings. The van der Waals surface area contributed by atoms with Crippen molar-refractivity contribution < 1.29 is 14.3 Å². The van der Waals surface area contributed by atoms with Gasteiger partial charge in [-0.1, -0.05) is 11.8 Å². The second kappa shape index (κ2) is 9.98. The lowest BCUT2D eigenvalue weighted by atomic mass is 10.1. The Kier molecular flexibility index (Phi) is 7.13. The van der Waals surface area contributed by atoms with Crippen LogP contribution in [0.3, 0.4) is 0 Å². The summed E-state index contributed by atoms with van der Waals surface area (Å²) in [5.74, 6) is 1.44. The molecular weight excluding hydrogens is 400 g/mol. The summed E-state index contributed by atoms with van der Waals surface area (Å²) in [5.41, 5.74) is 3.43. The monoisotopic (exact) mass is 424 g/mol. The van der Waals surface area contributed by atoms with Crippen molar-refractivity contribution in [2.24, 2.45) is 0 Å². The summed E-state index contributed by atoms with van der Waals surface area (Å²) in [6.45, 7) is 0. The maximum absolute atomic E-state index is 12.2. The highest BCUT2D eigenvalue weighted by molar-refractivity contribution is 7.99. The number of carbonyl (C=O) groups is 1. The largest absolute Gasteiger partial charge is 0.493 e. The molecule has 0 aliphatic carbocycles. The summed E-state index contributed by atoms with van der Waals surface area (Å²) >= 11 is 1.33. The predicted molar refractivity (Wildman–Crippen MR) is 121 cm³/mol. The summed E-state index contributed by atoms with van der Waals surface area (Å²) in [5, 5.41) is 12.0. The van der Waals surface area contributed by atoms with Gasteiger partial charge in [-0.2, -0.15) is 0 Å².